The predicted molar refractivity (Wildman–Crippen MR) is 67.6 cm³/mol. The fourth-order valence-corrected chi connectivity index (χ4v) is 2.05. The van der Waals surface area contributed by atoms with E-state index in [0.717, 1.165) is 0 Å². The van der Waals surface area contributed by atoms with Crippen LogP contribution in [0.15, 0.2) is 18.3 Å². The number of rotatable bonds is 4. The molecule has 0 bridgehead atoms. The van der Waals surface area contributed by atoms with Crippen molar-refractivity contribution in [3.05, 3.63) is 29.6 Å². The topological polar surface area (TPSA) is 80.7 Å². The molecule has 1 amide bonds. The Bertz CT molecular complexity index is 438. The van der Waals surface area contributed by atoms with Crippen molar-refractivity contribution in [3.63, 3.8) is 0 Å². The van der Waals surface area contributed by atoms with E-state index >= 15 is 0 Å². The minimum atomic E-state index is -0.260. The Morgan fingerprint density at radius 1 is 1.68 bits per heavy atom. The standard InChI is InChI=1S/C13H18N2O4/c1-18-12-8-19-5-3-10(12)15-13(17)11-6-9(7-16)2-4-14-11/h2,4,6,10,12,16H,3,5,7-8H2,1H3,(H,15,17)/t10-,12-/m1/s1. The van der Waals surface area contributed by atoms with Gasteiger partial charge in [-0.15, -0.1) is 0 Å². The Morgan fingerprint density at radius 3 is 3.26 bits per heavy atom. The third-order valence-corrected chi connectivity index (χ3v) is 3.16. The average Bonchev–Trinajstić information content (AvgIpc) is 2.47. The average molecular weight is 266 g/mol. The fourth-order valence-electron chi connectivity index (χ4n) is 2.05. The zero-order valence-electron chi connectivity index (χ0n) is 10.8. The third kappa shape index (κ3) is 3.50. The van der Waals surface area contributed by atoms with Crippen LogP contribution in [-0.4, -0.2) is 48.5 Å². The first-order valence-corrected chi connectivity index (χ1v) is 6.21. The molecule has 0 unspecified atom stereocenters. The highest BCUT2D eigenvalue weighted by Crippen LogP contribution is 2.11. The highest BCUT2D eigenvalue weighted by Gasteiger charge is 2.27. The summed E-state index contributed by atoms with van der Waals surface area (Å²) in [7, 11) is 1.60. The van der Waals surface area contributed by atoms with E-state index in [0.29, 0.717) is 30.9 Å². The molecule has 1 aromatic rings. The van der Waals surface area contributed by atoms with E-state index in [9.17, 15) is 4.79 Å². The van der Waals surface area contributed by atoms with Gasteiger partial charge in [-0.05, 0) is 24.1 Å². The monoisotopic (exact) mass is 266 g/mol. The van der Waals surface area contributed by atoms with Crippen molar-refractivity contribution in [3.8, 4) is 0 Å². The van der Waals surface area contributed by atoms with Crippen LogP contribution < -0.4 is 5.32 Å². The number of hydrogen-bond donors (Lipinski definition) is 2. The van der Waals surface area contributed by atoms with Crippen molar-refractivity contribution < 1.29 is 19.4 Å². The van der Waals surface area contributed by atoms with Gasteiger partial charge in [0.2, 0.25) is 0 Å². The maximum Gasteiger partial charge on any atom is 0.270 e. The molecule has 2 N–H and O–H groups in total. The first kappa shape index (κ1) is 13.9. The molecule has 1 aliphatic rings. The first-order chi connectivity index (χ1) is 9.24. The smallest absolute Gasteiger partial charge is 0.270 e. The first-order valence-electron chi connectivity index (χ1n) is 6.21. The van der Waals surface area contributed by atoms with Crippen LogP contribution in [0.2, 0.25) is 0 Å². The molecule has 2 rings (SSSR count). The highest BCUT2D eigenvalue weighted by molar-refractivity contribution is 5.92. The van der Waals surface area contributed by atoms with Gasteiger partial charge >= 0.3 is 0 Å². The number of hydrogen-bond acceptors (Lipinski definition) is 5. The van der Waals surface area contributed by atoms with E-state index in [1.807, 2.05) is 0 Å². The molecule has 1 fully saturated rings. The molecule has 0 radical (unpaired) electrons. The van der Waals surface area contributed by atoms with Crippen molar-refractivity contribution in [2.24, 2.45) is 0 Å². The molecule has 0 saturated carbocycles. The van der Waals surface area contributed by atoms with E-state index in [1.165, 1.54) is 6.20 Å². The van der Waals surface area contributed by atoms with Crippen molar-refractivity contribution >= 4 is 5.91 Å². The Morgan fingerprint density at radius 2 is 2.53 bits per heavy atom. The van der Waals surface area contributed by atoms with Crippen molar-refractivity contribution in [1.29, 1.82) is 0 Å². The maximum atomic E-state index is 12.1. The largest absolute Gasteiger partial charge is 0.392 e. The lowest BCUT2D eigenvalue weighted by molar-refractivity contribution is -0.0479. The Hall–Kier alpha value is -1.50. The summed E-state index contributed by atoms with van der Waals surface area (Å²) >= 11 is 0. The third-order valence-electron chi connectivity index (χ3n) is 3.16. The molecule has 19 heavy (non-hydrogen) atoms. The van der Waals surface area contributed by atoms with Gasteiger partial charge in [0.05, 0.1) is 19.3 Å². The summed E-state index contributed by atoms with van der Waals surface area (Å²) in [4.78, 5) is 16.1. The van der Waals surface area contributed by atoms with Crippen LogP contribution in [0.25, 0.3) is 0 Å². The number of ether oxygens (including phenoxy) is 2. The number of methoxy groups -OCH3 is 1. The zero-order chi connectivity index (χ0) is 13.7. The van der Waals surface area contributed by atoms with Gasteiger partial charge < -0.3 is 19.9 Å². The molecule has 0 spiro atoms. The van der Waals surface area contributed by atoms with E-state index < -0.39 is 0 Å². The number of pyridine rings is 1. The van der Waals surface area contributed by atoms with Crippen LogP contribution in [0, 0.1) is 0 Å². The molecule has 2 atom stereocenters. The second kappa shape index (κ2) is 6.60. The van der Waals surface area contributed by atoms with Crippen molar-refractivity contribution in [1.82, 2.24) is 10.3 Å². The highest BCUT2D eigenvalue weighted by atomic mass is 16.5. The Labute approximate surface area is 111 Å². The number of nitrogens with zero attached hydrogens (tertiary/aromatic N) is 1. The summed E-state index contributed by atoms with van der Waals surface area (Å²) in [5, 5.41) is 11.9. The van der Waals surface area contributed by atoms with Crippen LogP contribution in [0.3, 0.4) is 0 Å². The minimum Gasteiger partial charge on any atom is -0.392 e. The fraction of sp³-hybridized carbons (Fsp3) is 0.538. The second-order valence-corrected chi connectivity index (χ2v) is 4.43. The van der Waals surface area contributed by atoms with Crippen LogP contribution >= 0.6 is 0 Å². The van der Waals surface area contributed by atoms with Crippen molar-refractivity contribution in [2.75, 3.05) is 20.3 Å². The summed E-state index contributed by atoms with van der Waals surface area (Å²) in [6, 6.07) is 3.17. The van der Waals surface area contributed by atoms with Gasteiger partial charge in [0.1, 0.15) is 11.8 Å². The Kier molecular flexibility index (Phi) is 4.84. The van der Waals surface area contributed by atoms with Crippen LogP contribution in [0.4, 0.5) is 0 Å². The normalized spacial score (nSPS) is 23.1. The van der Waals surface area contributed by atoms with Gasteiger partial charge in [0.15, 0.2) is 0 Å². The summed E-state index contributed by atoms with van der Waals surface area (Å²) < 4.78 is 10.6. The number of aromatic nitrogens is 1. The molecule has 0 aromatic carbocycles. The van der Waals surface area contributed by atoms with Crippen LogP contribution in [-0.2, 0) is 16.1 Å². The summed E-state index contributed by atoms with van der Waals surface area (Å²) in [5.41, 5.74) is 0.961. The summed E-state index contributed by atoms with van der Waals surface area (Å²) in [6.07, 6.45) is 2.08. The van der Waals surface area contributed by atoms with Crippen LogP contribution in [0.5, 0.6) is 0 Å². The van der Waals surface area contributed by atoms with Gasteiger partial charge in [-0.25, -0.2) is 0 Å². The molecule has 1 saturated heterocycles. The van der Waals surface area contributed by atoms with Gasteiger partial charge in [0.25, 0.3) is 5.91 Å². The second-order valence-electron chi connectivity index (χ2n) is 4.43. The SMILES string of the molecule is CO[C@@H]1COCC[C@H]1NC(=O)c1cc(CO)ccn1. The number of carbonyl (C=O) groups excluding carboxylic acids is 1. The van der Waals surface area contributed by atoms with Gasteiger partial charge in [-0.3, -0.25) is 9.78 Å². The van der Waals surface area contributed by atoms with E-state index in [-0.39, 0.29) is 24.7 Å². The molecule has 2 heterocycles. The zero-order valence-corrected chi connectivity index (χ0v) is 10.8. The minimum absolute atomic E-state index is 0.0779. The predicted octanol–water partition coefficient (Wildman–Crippen LogP) is 0.108. The molecule has 104 valence electrons. The molecule has 0 aliphatic carbocycles. The number of nitrogens with one attached hydrogen (secondary N) is 1. The van der Waals surface area contributed by atoms with E-state index in [2.05, 4.69) is 10.3 Å². The van der Waals surface area contributed by atoms with E-state index in [1.54, 1.807) is 19.2 Å². The lowest BCUT2D eigenvalue weighted by Gasteiger charge is -2.30. The van der Waals surface area contributed by atoms with Crippen LogP contribution in [0.1, 0.15) is 22.5 Å². The number of aliphatic hydroxyl groups excluding tert-OH is 1. The lowest BCUT2D eigenvalue weighted by Crippen LogP contribution is -2.49. The molecule has 6 heteroatoms. The molecule has 1 aromatic heterocycles. The number of carbonyl (C=O) groups is 1. The summed E-state index contributed by atoms with van der Waals surface area (Å²) in [5.74, 6) is -0.260. The van der Waals surface area contributed by atoms with Gasteiger partial charge in [0, 0.05) is 19.9 Å². The molecular formula is C13H18N2O4. The van der Waals surface area contributed by atoms with E-state index in [4.69, 9.17) is 14.6 Å². The molecule has 1 aliphatic heterocycles. The lowest BCUT2D eigenvalue weighted by atomic mass is 10.1. The Balaban J connectivity index is 2.02. The molecular weight excluding hydrogens is 248 g/mol. The van der Waals surface area contributed by atoms with Gasteiger partial charge in [-0.2, -0.15) is 0 Å². The summed E-state index contributed by atoms with van der Waals surface area (Å²) in [6.45, 7) is 0.973. The quantitative estimate of drug-likeness (QED) is 0.808. The van der Waals surface area contributed by atoms with Gasteiger partial charge in [-0.1, -0.05) is 0 Å². The molecule has 6 nitrogen and oxygen atoms in total. The number of aliphatic hydroxyl groups is 1. The maximum absolute atomic E-state index is 12.1. The van der Waals surface area contributed by atoms with Crippen molar-refractivity contribution in [2.45, 2.75) is 25.2 Å². The number of amides is 1.